The zero-order chi connectivity index (χ0) is 25.7. The number of aromatic nitrogens is 4. The minimum Gasteiger partial charge on any atom is -0.492 e. The van der Waals surface area contributed by atoms with Crippen LogP contribution < -0.4 is 15.2 Å². The van der Waals surface area contributed by atoms with Crippen LogP contribution in [0.5, 0.6) is 11.5 Å². The fourth-order valence-corrected chi connectivity index (χ4v) is 4.87. The zero-order valence-corrected chi connectivity index (χ0v) is 21.1. The van der Waals surface area contributed by atoms with E-state index in [2.05, 4.69) is 4.98 Å². The van der Waals surface area contributed by atoms with Crippen molar-refractivity contribution < 1.29 is 9.47 Å². The van der Waals surface area contributed by atoms with E-state index < -0.39 is 0 Å². The molecule has 2 aromatic heterocycles. The first-order chi connectivity index (χ1) is 18.7. The molecule has 0 radical (unpaired) electrons. The first kappa shape index (κ1) is 23.9. The maximum Gasteiger partial charge on any atom is 0.337 e. The van der Waals surface area contributed by atoms with Crippen LogP contribution in [0.2, 0.25) is 0 Å². The number of imidazole rings is 2. The van der Waals surface area contributed by atoms with E-state index in [0.29, 0.717) is 19.3 Å². The molecule has 1 fully saturated rings. The summed E-state index contributed by atoms with van der Waals surface area (Å²) in [6, 6.07) is 25.4. The number of hydrogen-bond donors (Lipinski definition) is 0. The predicted octanol–water partition coefficient (Wildman–Crippen LogP) is 5.89. The standard InChI is InChI=1S/C31H30N4O3/c36-31-34(18-19-35(31)26-12-16-29(17-13-26)38-28-8-4-5-9-28)25-10-14-27(15-11-25)37-21-20-33-22-30(32-23-33)24-6-2-1-3-7-24/h1-3,6-7,10-19,22-23,28H,4-5,8-9,20-21H2. The highest BCUT2D eigenvalue weighted by Gasteiger charge is 2.16. The lowest BCUT2D eigenvalue weighted by Crippen LogP contribution is -2.21. The molecule has 192 valence electrons. The van der Waals surface area contributed by atoms with Gasteiger partial charge >= 0.3 is 5.69 Å². The second-order valence-electron chi connectivity index (χ2n) is 9.54. The van der Waals surface area contributed by atoms with Crippen molar-refractivity contribution in [1.82, 2.24) is 18.7 Å². The van der Waals surface area contributed by atoms with E-state index in [1.54, 1.807) is 21.5 Å². The number of ether oxygens (including phenoxy) is 2. The minimum atomic E-state index is -0.127. The Labute approximate surface area is 221 Å². The topological polar surface area (TPSA) is 63.2 Å². The summed E-state index contributed by atoms with van der Waals surface area (Å²) in [6.07, 6.45) is 12.4. The van der Waals surface area contributed by atoms with Gasteiger partial charge in [-0.2, -0.15) is 0 Å². The first-order valence-corrected chi connectivity index (χ1v) is 13.1. The summed E-state index contributed by atoms with van der Waals surface area (Å²) in [5, 5.41) is 0. The van der Waals surface area contributed by atoms with Gasteiger partial charge in [-0.1, -0.05) is 30.3 Å². The van der Waals surface area contributed by atoms with Crippen LogP contribution in [0.15, 0.2) is 109 Å². The molecule has 38 heavy (non-hydrogen) atoms. The molecule has 0 N–H and O–H groups in total. The molecule has 3 aromatic carbocycles. The quantitative estimate of drug-likeness (QED) is 0.250. The van der Waals surface area contributed by atoms with Crippen molar-refractivity contribution in [2.45, 2.75) is 38.3 Å². The summed E-state index contributed by atoms with van der Waals surface area (Å²) in [5.41, 5.74) is 3.50. The normalized spacial score (nSPS) is 13.6. The highest BCUT2D eigenvalue weighted by molar-refractivity contribution is 5.57. The summed E-state index contributed by atoms with van der Waals surface area (Å²) in [5.74, 6) is 1.61. The van der Waals surface area contributed by atoms with Gasteiger partial charge in [-0.3, -0.25) is 9.13 Å². The number of benzene rings is 3. The van der Waals surface area contributed by atoms with Crippen LogP contribution >= 0.6 is 0 Å². The van der Waals surface area contributed by atoms with Crippen molar-refractivity contribution in [1.29, 1.82) is 0 Å². The number of hydrogen-bond acceptors (Lipinski definition) is 4. The van der Waals surface area contributed by atoms with Crippen LogP contribution in [0.4, 0.5) is 0 Å². The van der Waals surface area contributed by atoms with E-state index >= 15 is 0 Å². The lowest BCUT2D eigenvalue weighted by molar-refractivity contribution is 0.210. The van der Waals surface area contributed by atoms with Crippen molar-refractivity contribution in [3.63, 3.8) is 0 Å². The molecular formula is C31H30N4O3. The van der Waals surface area contributed by atoms with E-state index in [1.165, 1.54) is 12.8 Å². The second kappa shape index (κ2) is 10.8. The molecule has 0 bridgehead atoms. The second-order valence-corrected chi connectivity index (χ2v) is 9.54. The predicted molar refractivity (Wildman–Crippen MR) is 147 cm³/mol. The molecule has 5 aromatic rings. The van der Waals surface area contributed by atoms with Gasteiger partial charge in [-0.15, -0.1) is 0 Å². The molecule has 7 nitrogen and oxygen atoms in total. The smallest absolute Gasteiger partial charge is 0.337 e. The Hall–Kier alpha value is -4.52. The van der Waals surface area contributed by atoms with Gasteiger partial charge in [0.1, 0.15) is 18.1 Å². The number of nitrogens with zero attached hydrogens (tertiary/aromatic N) is 4. The van der Waals surface area contributed by atoms with Crippen molar-refractivity contribution in [2.75, 3.05) is 6.61 Å². The van der Waals surface area contributed by atoms with Crippen LogP contribution in [0, 0.1) is 0 Å². The largest absolute Gasteiger partial charge is 0.492 e. The lowest BCUT2D eigenvalue weighted by Gasteiger charge is -2.13. The van der Waals surface area contributed by atoms with Gasteiger partial charge in [0.05, 0.1) is 36.0 Å². The Morgan fingerprint density at radius 1 is 0.789 bits per heavy atom. The van der Waals surface area contributed by atoms with Crippen LogP contribution in [0.1, 0.15) is 25.7 Å². The van der Waals surface area contributed by atoms with Gasteiger partial charge in [0.2, 0.25) is 0 Å². The van der Waals surface area contributed by atoms with E-state index in [-0.39, 0.29) is 5.69 Å². The molecule has 1 saturated carbocycles. The fraction of sp³-hybridized carbons (Fsp3) is 0.226. The van der Waals surface area contributed by atoms with Crippen molar-refractivity contribution in [3.05, 3.63) is 114 Å². The fourth-order valence-electron chi connectivity index (χ4n) is 4.87. The Morgan fingerprint density at radius 3 is 2.08 bits per heavy atom. The molecular weight excluding hydrogens is 476 g/mol. The summed E-state index contributed by atoms with van der Waals surface area (Å²) in [7, 11) is 0. The molecule has 7 heteroatoms. The Morgan fingerprint density at radius 2 is 1.42 bits per heavy atom. The van der Waals surface area contributed by atoms with Gasteiger partial charge < -0.3 is 14.0 Å². The molecule has 0 unspecified atom stereocenters. The summed E-state index contributed by atoms with van der Waals surface area (Å²) < 4.78 is 17.3. The van der Waals surface area contributed by atoms with Gasteiger partial charge in [-0.05, 0) is 74.2 Å². The van der Waals surface area contributed by atoms with E-state index in [9.17, 15) is 4.79 Å². The minimum absolute atomic E-state index is 0.127. The van der Waals surface area contributed by atoms with E-state index in [4.69, 9.17) is 9.47 Å². The molecule has 0 spiro atoms. The summed E-state index contributed by atoms with van der Waals surface area (Å²) in [6.45, 7) is 1.20. The van der Waals surface area contributed by atoms with Gasteiger partial charge in [0, 0.05) is 24.2 Å². The summed E-state index contributed by atoms with van der Waals surface area (Å²) >= 11 is 0. The molecule has 0 saturated heterocycles. The van der Waals surface area contributed by atoms with Gasteiger partial charge in [0.25, 0.3) is 0 Å². The molecule has 1 aliphatic carbocycles. The zero-order valence-electron chi connectivity index (χ0n) is 21.1. The molecule has 2 heterocycles. The third-order valence-electron chi connectivity index (χ3n) is 6.93. The van der Waals surface area contributed by atoms with Crippen molar-refractivity contribution >= 4 is 0 Å². The Kier molecular flexibility index (Phi) is 6.81. The average Bonchev–Trinajstić information content (AvgIpc) is 3.72. The molecule has 6 rings (SSSR count). The third-order valence-corrected chi connectivity index (χ3v) is 6.93. The monoisotopic (exact) mass is 506 g/mol. The average molecular weight is 507 g/mol. The van der Waals surface area contributed by atoms with Crippen molar-refractivity contribution in [3.8, 4) is 34.1 Å². The number of rotatable bonds is 9. The lowest BCUT2D eigenvalue weighted by atomic mass is 10.2. The van der Waals surface area contributed by atoms with Gasteiger partial charge in [-0.25, -0.2) is 9.78 Å². The Bertz CT molecular complexity index is 1530. The molecule has 0 atom stereocenters. The third kappa shape index (κ3) is 5.27. The van der Waals surface area contributed by atoms with Crippen LogP contribution in [-0.2, 0) is 6.54 Å². The van der Waals surface area contributed by atoms with Gasteiger partial charge in [0.15, 0.2) is 0 Å². The van der Waals surface area contributed by atoms with E-state index in [1.807, 2.05) is 96.0 Å². The highest BCUT2D eigenvalue weighted by atomic mass is 16.5. The van der Waals surface area contributed by atoms with Crippen LogP contribution in [0.3, 0.4) is 0 Å². The highest BCUT2D eigenvalue weighted by Crippen LogP contribution is 2.25. The first-order valence-electron chi connectivity index (χ1n) is 13.1. The molecule has 0 amide bonds. The molecule has 1 aliphatic rings. The maximum absolute atomic E-state index is 13.1. The van der Waals surface area contributed by atoms with Crippen molar-refractivity contribution in [2.24, 2.45) is 0 Å². The Balaban J connectivity index is 1.06. The SMILES string of the molecule is O=c1n(-c2ccc(OCCn3cnc(-c4ccccc4)c3)cc2)ccn1-c1ccc(OC2CCCC2)cc1. The maximum atomic E-state index is 13.1. The summed E-state index contributed by atoms with van der Waals surface area (Å²) in [4.78, 5) is 17.6. The van der Waals surface area contributed by atoms with Crippen LogP contribution in [0.25, 0.3) is 22.6 Å². The molecule has 0 aliphatic heterocycles. The van der Waals surface area contributed by atoms with Crippen LogP contribution in [-0.4, -0.2) is 31.4 Å². The van der Waals surface area contributed by atoms with E-state index in [0.717, 1.165) is 47.0 Å².